The average Bonchev–Trinajstić information content (AvgIpc) is 3.06. The van der Waals surface area contributed by atoms with Crippen molar-refractivity contribution in [1.82, 2.24) is 15.0 Å². The summed E-state index contributed by atoms with van der Waals surface area (Å²) in [6, 6.07) is 4.74. The zero-order valence-electron chi connectivity index (χ0n) is 8.90. The molecule has 1 aliphatic rings. The van der Waals surface area contributed by atoms with Crippen molar-refractivity contribution >= 4 is 21.7 Å². The van der Waals surface area contributed by atoms with Crippen LogP contribution in [0.1, 0.15) is 24.5 Å². The number of nitrogen functional groups attached to an aromatic ring is 1. The lowest BCUT2D eigenvalue weighted by Crippen LogP contribution is -2.03. The van der Waals surface area contributed by atoms with Gasteiger partial charge in [0, 0.05) is 5.92 Å². The minimum absolute atomic E-state index is 0.296. The first-order valence-electron chi connectivity index (χ1n) is 5.33. The summed E-state index contributed by atoms with van der Waals surface area (Å²) in [5, 5.41) is 7.90. The largest absolute Gasteiger partial charge is 0.381 e. The summed E-state index contributed by atoms with van der Waals surface area (Å²) in [5.41, 5.74) is 7.51. The highest BCUT2D eigenvalue weighted by Crippen LogP contribution is 2.42. The predicted molar refractivity (Wildman–Crippen MR) is 65.4 cm³/mol. The molecule has 1 heterocycles. The zero-order chi connectivity index (χ0) is 12.0. The van der Waals surface area contributed by atoms with Crippen molar-refractivity contribution < 1.29 is 4.39 Å². The van der Waals surface area contributed by atoms with Gasteiger partial charge in [-0.05, 0) is 47.0 Å². The van der Waals surface area contributed by atoms with Crippen LogP contribution in [0.5, 0.6) is 0 Å². The van der Waals surface area contributed by atoms with E-state index in [4.69, 9.17) is 5.73 Å². The highest BCUT2D eigenvalue weighted by molar-refractivity contribution is 9.10. The van der Waals surface area contributed by atoms with E-state index in [1.807, 2.05) is 0 Å². The molecule has 1 fully saturated rings. The van der Waals surface area contributed by atoms with Crippen LogP contribution in [-0.4, -0.2) is 15.0 Å². The monoisotopic (exact) mass is 296 g/mol. The molecule has 3 rings (SSSR count). The van der Waals surface area contributed by atoms with Crippen LogP contribution in [-0.2, 0) is 0 Å². The van der Waals surface area contributed by atoms with Crippen molar-refractivity contribution in [1.29, 1.82) is 0 Å². The van der Waals surface area contributed by atoms with Crippen LogP contribution in [0, 0.1) is 5.82 Å². The Balaban J connectivity index is 2.11. The third-order valence-electron chi connectivity index (χ3n) is 2.84. The molecule has 17 heavy (non-hydrogen) atoms. The van der Waals surface area contributed by atoms with Crippen LogP contribution in [0.15, 0.2) is 22.7 Å². The van der Waals surface area contributed by atoms with Crippen molar-refractivity contribution in [2.45, 2.75) is 18.8 Å². The summed E-state index contributed by atoms with van der Waals surface area (Å²) < 4.78 is 15.3. The van der Waals surface area contributed by atoms with Crippen LogP contribution >= 0.6 is 15.9 Å². The summed E-state index contributed by atoms with van der Waals surface area (Å²) in [5.74, 6) is 0.608. The van der Waals surface area contributed by atoms with E-state index in [0.717, 1.165) is 24.2 Å². The highest BCUT2D eigenvalue weighted by Gasteiger charge is 2.31. The van der Waals surface area contributed by atoms with Crippen LogP contribution in [0.4, 0.5) is 10.2 Å². The maximum absolute atomic E-state index is 13.2. The molecule has 6 heteroatoms. The van der Waals surface area contributed by atoms with E-state index in [9.17, 15) is 4.39 Å². The van der Waals surface area contributed by atoms with Gasteiger partial charge in [-0.1, -0.05) is 5.21 Å². The second-order valence-corrected chi connectivity index (χ2v) is 5.00. The standard InChI is InChI=1S/C11H10BrFN4/c12-8-5-7(3-4-9(8)13)17-10(6-1-2-6)11(14)15-16-17/h3-6H,1-2,14H2. The fourth-order valence-corrected chi connectivity index (χ4v) is 2.21. The summed E-state index contributed by atoms with van der Waals surface area (Å²) >= 11 is 3.16. The molecule has 0 saturated heterocycles. The normalized spacial score (nSPS) is 15.2. The van der Waals surface area contributed by atoms with E-state index in [1.165, 1.54) is 6.07 Å². The van der Waals surface area contributed by atoms with Crippen LogP contribution < -0.4 is 5.73 Å². The maximum atomic E-state index is 13.2. The number of anilines is 1. The van der Waals surface area contributed by atoms with Gasteiger partial charge in [0.15, 0.2) is 5.82 Å². The molecule has 0 amide bonds. The first kappa shape index (κ1) is 10.7. The van der Waals surface area contributed by atoms with E-state index in [2.05, 4.69) is 26.2 Å². The Bertz CT molecular complexity index is 577. The van der Waals surface area contributed by atoms with Gasteiger partial charge >= 0.3 is 0 Å². The highest BCUT2D eigenvalue weighted by atomic mass is 79.9. The lowest BCUT2D eigenvalue weighted by Gasteiger charge is -2.06. The van der Waals surface area contributed by atoms with Crippen molar-refractivity contribution in [2.24, 2.45) is 0 Å². The topological polar surface area (TPSA) is 56.7 Å². The summed E-state index contributed by atoms with van der Waals surface area (Å²) in [4.78, 5) is 0. The molecule has 0 aliphatic heterocycles. The summed E-state index contributed by atoms with van der Waals surface area (Å²) in [7, 11) is 0. The van der Waals surface area contributed by atoms with Crippen molar-refractivity contribution in [3.05, 3.63) is 34.2 Å². The number of nitrogens with zero attached hydrogens (tertiary/aromatic N) is 3. The van der Waals surface area contributed by atoms with Gasteiger partial charge in [0.25, 0.3) is 0 Å². The summed E-state index contributed by atoms with van der Waals surface area (Å²) in [6.45, 7) is 0. The lowest BCUT2D eigenvalue weighted by molar-refractivity contribution is 0.619. The molecular weight excluding hydrogens is 287 g/mol. The fourth-order valence-electron chi connectivity index (χ4n) is 1.85. The van der Waals surface area contributed by atoms with Gasteiger partial charge in [-0.2, -0.15) is 0 Å². The van der Waals surface area contributed by atoms with Crippen molar-refractivity contribution in [3.8, 4) is 5.69 Å². The Morgan fingerprint density at radius 3 is 2.82 bits per heavy atom. The second kappa shape index (κ2) is 3.80. The van der Waals surface area contributed by atoms with Crippen molar-refractivity contribution in [2.75, 3.05) is 5.73 Å². The third-order valence-corrected chi connectivity index (χ3v) is 3.45. The molecule has 0 spiro atoms. The number of benzene rings is 1. The molecule has 88 valence electrons. The number of aromatic nitrogens is 3. The Kier molecular flexibility index (Phi) is 2.39. The molecule has 0 atom stereocenters. The molecule has 0 unspecified atom stereocenters. The number of hydrogen-bond acceptors (Lipinski definition) is 3. The minimum Gasteiger partial charge on any atom is -0.381 e. The molecule has 4 nitrogen and oxygen atoms in total. The van der Waals surface area contributed by atoms with E-state index in [-0.39, 0.29) is 5.82 Å². The van der Waals surface area contributed by atoms with Crippen LogP contribution in [0.3, 0.4) is 0 Å². The van der Waals surface area contributed by atoms with Gasteiger partial charge in [0.05, 0.1) is 15.9 Å². The second-order valence-electron chi connectivity index (χ2n) is 4.14. The predicted octanol–water partition coefficient (Wildman–Crippen LogP) is 2.63. The number of nitrogens with two attached hydrogens (primary N) is 1. The van der Waals surface area contributed by atoms with Gasteiger partial charge in [0.1, 0.15) is 5.82 Å². The average molecular weight is 297 g/mol. The van der Waals surface area contributed by atoms with Gasteiger partial charge in [0.2, 0.25) is 0 Å². The van der Waals surface area contributed by atoms with E-state index in [1.54, 1.807) is 16.8 Å². The third kappa shape index (κ3) is 1.82. The Morgan fingerprint density at radius 1 is 1.41 bits per heavy atom. The number of rotatable bonds is 2. The first-order valence-corrected chi connectivity index (χ1v) is 6.12. The van der Waals surface area contributed by atoms with Gasteiger partial charge in [-0.15, -0.1) is 5.10 Å². The molecular formula is C11H10BrFN4. The van der Waals surface area contributed by atoms with E-state index < -0.39 is 0 Å². The molecule has 1 aliphatic carbocycles. The lowest BCUT2D eigenvalue weighted by atomic mass is 10.2. The van der Waals surface area contributed by atoms with Gasteiger partial charge in [-0.3, -0.25) is 0 Å². The van der Waals surface area contributed by atoms with Gasteiger partial charge < -0.3 is 5.73 Å². The maximum Gasteiger partial charge on any atom is 0.169 e. The molecule has 1 aromatic heterocycles. The molecule has 2 N–H and O–H groups in total. The first-order chi connectivity index (χ1) is 8.16. The minimum atomic E-state index is -0.296. The SMILES string of the molecule is Nc1nnn(-c2ccc(F)c(Br)c2)c1C1CC1. The smallest absolute Gasteiger partial charge is 0.169 e. The Hall–Kier alpha value is -1.43. The van der Waals surface area contributed by atoms with E-state index >= 15 is 0 Å². The zero-order valence-corrected chi connectivity index (χ0v) is 10.5. The Labute approximate surface area is 106 Å². The molecule has 2 aromatic rings. The Morgan fingerprint density at radius 2 is 2.18 bits per heavy atom. The number of hydrogen-bond donors (Lipinski definition) is 1. The van der Waals surface area contributed by atoms with Crippen LogP contribution in [0.2, 0.25) is 0 Å². The van der Waals surface area contributed by atoms with Crippen LogP contribution in [0.25, 0.3) is 5.69 Å². The quantitative estimate of drug-likeness (QED) is 0.927. The van der Waals surface area contributed by atoms with Crippen molar-refractivity contribution in [3.63, 3.8) is 0 Å². The summed E-state index contributed by atoms with van der Waals surface area (Å²) in [6.07, 6.45) is 2.22. The molecule has 1 aromatic carbocycles. The molecule has 0 radical (unpaired) electrons. The number of halogens is 2. The fraction of sp³-hybridized carbons (Fsp3) is 0.273. The van der Waals surface area contributed by atoms with E-state index in [0.29, 0.717) is 16.2 Å². The molecule has 1 saturated carbocycles. The van der Waals surface area contributed by atoms with Gasteiger partial charge in [-0.25, -0.2) is 9.07 Å². The molecule has 0 bridgehead atoms.